The Labute approximate surface area is 90.9 Å². The van der Waals surface area contributed by atoms with Crippen molar-refractivity contribution in [2.24, 2.45) is 0 Å². The third-order valence-corrected chi connectivity index (χ3v) is 3.07. The average molecular weight is 206 g/mol. The molecule has 0 radical (unpaired) electrons. The molecule has 2 rings (SSSR count). The number of benzene rings is 1. The molecule has 0 spiro atoms. The Bertz CT molecular complexity index is 316. The SMILES string of the molecule is CC(OC1CCCC1)c1ccccc1O. The average Bonchev–Trinajstić information content (AvgIpc) is 2.71. The van der Waals surface area contributed by atoms with Crippen LogP contribution in [0.3, 0.4) is 0 Å². The lowest BCUT2D eigenvalue weighted by Gasteiger charge is -2.19. The summed E-state index contributed by atoms with van der Waals surface area (Å²) in [7, 11) is 0. The second-order valence-corrected chi connectivity index (χ2v) is 4.24. The largest absolute Gasteiger partial charge is 0.508 e. The quantitative estimate of drug-likeness (QED) is 0.821. The fraction of sp³-hybridized carbons (Fsp3) is 0.538. The minimum Gasteiger partial charge on any atom is -0.508 e. The molecular formula is C13H18O2. The lowest BCUT2D eigenvalue weighted by molar-refractivity contribution is -0.0000150. The molecule has 1 fully saturated rings. The number of hydrogen-bond donors (Lipinski definition) is 1. The van der Waals surface area contributed by atoms with Gasteiger partial charge in [-0.05, 0) is 25.8 Å². The van der Waals surface area contributed by atoms with Crippen LogP contribution in [0.1, 0.15) is 44.3 Å². The van der Waals surface area contributed by atoms with Crippen LogP contribution < -0.4 is 0 Å². The van der Waals surface area contributed by atoms with Crippen LogP contribution in [0.5, 0.6) is 5.75 Å². The van der Waals surface area contributed by atoms with Gasteiger partial charge >= 0.3 is 0 Å². The van der Waals surface area contributed by atoms with Gasteiger partial charge < -0.3 is 9.84 Å². The van der Waals surface area contributed by atoms with E-state index in [1.807, 2.05) is 25.1 Å². The molecule has 0 bridgehead atoms. The minimum absolute atomic E-state index is 0.00528. The van der Waals surface area contributed by atoms with Crippen molar-refractivity contribution in [2.45, 2.75) is 44.8 Å². The van der Waals surface area contributed by atoms with Crippen molar-refractivity contribution in [3.8, 4) is 5.75 Å². The Kier molecular flexibility index (Phi) is 3.27. The predicted molar refractivity (Wildman–Crippen MR) is 59.9 cm³/mol. The van der Waals surface area contributed by atoms with Crippen LogP contribution >= 0.6 is 0 Å². The second kappa shape index (κ2) is 4.67. The van der Waals surface area contributed by atoms with Gasteiger partial charge in [-0.1, -0.05) is 31.0 Å². The van der Waals surface area contributed by atoms with E-state index >= 15 is 0 Å². The molecule has 82 valence electrons. The molecule has 1 aromatic rings. The molecule has 1 aliphatic rings. The first-order chi connectivity index (χ1) is 7.27. The highest BCUT2D eigenvalue weighted by atomic mass is 16.5. The Hall–Kier alpha value is -1.02. The summed E-state index contributed by atoms with van der Waals surface area (Å²) in [6.07, 6.45) is 5.26. The molecule has 0 saturated heterocycles. The Morgan fingerprint density at radius 1 is 1.27 bits per heavy atom. The van der Waals surface area contributed by atoms with E-state index < -0.39 is 0 Å². The monoisotopic (exact) mass is 206 g/mol. The molecule has 1 atom stereocenters. The van der Waals surface area contributed by atoms with Gasteiger partial charge in [0.2, 0.25) is 0 Å². The van der Waals surface area contributed by atoms with Gasteiger partial charge in [0.1, 0.15) is 5.75 Å². The summed E-state index contributed by atoms with van der Waals surface area (Å²) in [5.74, 6) is 0.336. The fourth-order valence-corrected chi connectivity index (χ4v) is 2.22. The third-order valence-electron chi connectivity index (χ3n) is 3.07. The number of rotatable bonds is 3. The fourth-order valence-electron chi connectivity index (χ4n) is 2.22. The van der Waals surface area contributed by atoms with Crippen molar-refractivity contribution in [2.75, 3.05) is 0 Å². The summed E-state index contributed by atoms with van der Waals surface area (Å²) in [6.45, 7) is 2.01. The lowest BCUT2D eigenvalue weighted by Crippen LogP contribution is -2.11. The van der Waals surface area contributed by atoms with E-state index in [4.69, 9.17) is 4.74 Å². The van der Waals surface area contributed by atoms with E-state index in [1.54, 1.807) is 6.07 Å². The Morgan fingerprint density at radius 2 is 1.93 bits per heavy atom. The van der Waals surface area contributed by atoms with Crippen LogP contribution in [-0.4, -0.2) is 11.2 Å². The minimum atomic E-state index is -0.00528. The van der Waals surface area contributed by atoms with Crippen molar-refractivity contribution in [3.05, 3.63) is 29.8 Å². The number of ether oxygens (including phenoxy) is 1. The van der Waals surface area contributed by atoms with Crippen molar-refractivity contribution >= 4 is 0 Å². The molecule has 2 nitrogen and oxygen atoms in total. The zero-order valence-electron chi connectivity index (χ0n) is 9.15. The van der Waals surface area contributed by atoms with Gasteiger partial charge in [-0.3, -0.25) is 0 Å². The van der Waals surface area contributed by atoms with Gasteiger partial charge in [-0.2, -0.15) is 0 Å². The van der Waals surface area contributed by atoms with Crippen LogP contribution in [0.25, 0.3) is 0 Å². The zero-order valence-corrected chi connectivity index (χ0v) is 9.15. The first-order valence-corrected chi connectivity index (χ1v) is 5.70. The molecule has 2 heteroatoms. The van der Waals surface area contributed by atoms with E-state index in [2.05, 4.69) is 0 Å². The van der Waals surface area contributed by atoms with Crippen molar-refractivity contribution in [1.29, 1.82) is 0 Å². The summed E-state index contributed by atoms with van der Waals surface area (Å²) >= 11 is 0. The number of hydrogen-bond acceptors (Lipinski definition) is 2. The predicted octanol–water partition coefficient (Wildman–Crippen LogP) is 3.41. The highest BCUT2D eigenvalue weighted by Gasteiger charge is 2.20. The molecule has 0 aromatic heterocycles. The molecule has 0 amide bonds. The van der Waals surface area contributed by atoms with E-state index in [0.29, 0.717) is 11.9 Å². The van der Waals surface area contributed by atoms with E-state index in [0.717, 1.165) is 18.4 Å². The third kappa shape index (κ3) is 2.51. The summed E-state index contributed by atoms with van der Waals surface area (Å²) < 4.78 is 5.92. The topological polar surface area (TPSA) is 29.5 Å². The van der Waals surface area contributed by atoms with Crippen LogP contribution in [0, 0.1) is 0 Å². The number of aromatic hydroxyl groups is 1. The Morgan fingerprint density at radius 3 is 2.60 bits per heavy atom. The van der Waals surface area contributed by atoms with Gasteiger partial charge in [-0.25, -0.2) is 0 Å². The number of phenolic OH excluding ortho intramolecular Hbond substituents is 1. The lowest BCUT2D eigenvalue weighted by atomic mass is 10.1. The molecule has 1 aromatic carbocycles. The molecule has 1 N–H and O–H groups in total. The molecular weight excluding hydrogens is 188 g/mol. The standard InChI is InChI=1S/C13H18O2/c1-10(15-11-6-2-3-7-11)12-8-4-5-9-13(12)14/h4-5,8-11,14H,2-3,6-7H2,1H3. The van der Waals surface area contributed by atoms with E-state index in [-0.39, 0.29) is 6.10 Å². The van der Waals surface area contributed by atoms with Crippen molar-refractivity contribution in [3.63, 3.8) is 0 Å². The van der Waals surface area contributed by atoms with Gasteiger partial charge in [0, 0.05) is 5.56 Å². The summed E-state index contributed by atoms with van der Waals surface area (Å²) in [4.78, 5) is 0. The molecule has 15 heavy (non-hydrogen) atoms. The second-order valence-electron chi connectivity index (χ2n) is 4.24. The highest BCUT2D eigenvalue weighted by molar-refractivity contribution is 5.33. The summed E-state index contributed by atoms with van der Waals surface area (Å²) in [5, 5.41) is 9.67. The maximum absolute atomic E-state index is 9.67. The van der Waals surface area contributed by atoms with Gasteiger partial charge in [0.05, 0.1) is 12.2 Å². The smallest absolute Gasteiger partial charge is 0.121 e. The Balaban J connectivity index is 2.00. The van der Waals surface area contributed by atoms with Crippen LogP contribution in [0.2, 0.25) is 0 Å². The number of para-hydroxylation sites is 1. The molecule has 0 heterocycles. The first kappa shape index (κ1) is 10.5. The summed E-state index contributed by atoms with van der Waals surface area (Å²) in [5.41, 5.74) is 0.893. The van der Waals surface area contributed by atoms with Gasteiger partial charge in [0.15, 0.2) is 0 Å². The van der Waals surface area contributed by atoms with Crippen LogP contribution in [-0.2, 0) is 4.74 Å². The van der Waals surface area contributed by atoms with Crippen LogP contribution in [0.15, 0.2) is 24.3 Å². The normalized spacial score (nSPS) is 19.3. The van der Waals surface area contributed by atoms with Gasteiger partial charge in [-0.15, -0.1) is 0 Å². The maximum Gasteiger partial charge on any atom is 0.121 e. The van der Waals surface area contributed by atoms with Gasteiger partial charge in [0.25, 0.3) is 0 Å². The van der Waals surface area contributed by atoms with Crippen molar-refractivity contribution < 1.29 is 9.84 Å². The van der Waals surface area contributed by atoms with E-state index in [1.165, 1.54) is 12.8 Å². The maximum atomic E-state index is 9.67. The van der Waals surface area contributed by atoms with Crippen LogP contribution in [0.4, 0.5) is 0 Å². The molecule has 1 aliphatic carbocycles. The summed E-state index contributed by atoms with van der Waals surface area (Å²) in [6, 6.07) is 7.41. The van der Waals surface area contributed by atoms with E-state index in [9.17, 15) is 5.11 Å². The molecule has 1 saturated carbocycles. The zero-order chi connectivity index (χ0) is 10.7. The highest BCUT2D eigenvalue weighted by Crippen LogP contribution is 2.31. The first-order valence-electron chi connectivity index (χ1n) is 5.70. The number of phenols is 1. The van der Waals surface area contributed by atoms with Crippen molar-refractivity contribution in [1.82, 2.24) is 0 Å². The molecule has 1 unspecified atom stereocenters. The molecule has 0 aliphatic heterocycles.